The third-order valence-corrected chi connectivity index (χ3v) is 6.51. The number of halogens is 1. The van der Waals surface area contributed by atoms with Gasteiger partial charge in [0.25, 0.3) is 0 Å². The van der Waals surface area contributed by atoms with E-state index in [0.29, 0.717) is 17.6 Å². The number of hydrogen-bond donors (Lipinski definition) is 1. The molecule has 0 spiro atoms. The summed E-state index contributed by atoms with van der Waals surface area (Å²) in [6.45, 7) is 11.1. The second-order valence-corrected chi connectivity index (χ2v) is 9.16. The molecule has 1 saturated heterocycles. The van der Waals surface area contributed by atoms with Crippen molar-refractivity contribution < 1.29 is 9.53 Å². The average molecular weight is 423 g/mol. The molecule has 0 atom stereocenters. The number of ether oxygens (including phenoxy) is 1. The molecule has 1 N–H and O–H groups in total. The van der Waals surface area contributed by atoms with Crippen LogP contribution in [-0.4, -0.2) is 59.0 Å². The maximum absolute atomic E-state index is 12.6. The monoisotopic (exact) mass is 422 g/mol. The van der Waals surface area contributed by atoms with Crippen LogP contribution in [0.5, 0.6) is 0 Å². The molecule has 0 bridgehead atoms. The zero-order chi connectivity index (χ0) is 20.9. The number of carbonyl (C=O) groups excluding carboxylic acids is 1. The summed E-state index contributed by atoms with van der Waals surface area (Å²) in [4.78, 5) is 15.1. The van der Waals surface area contributed by atoms with Crippen LogP contribution >= 0.6 is 11.6 Å². The minimum absolute atomic E-state index is 0.0707. The smallest absolute Gasteiger partial charge is 0.244 e. The molecule has 29 heavy (non-hydrogen) atoms. The summed E-state index contributed by atoms with van der Waals surface area (Å²) < 4.78 is 7.35. The van der Waals surface area contributed by atoms with Crippen LogP contribution in [0.25, 0.3) is 6.08 Å². The van der Waals surface area contributed by atoms with E-state index in [0.717, 1.165) is 56.9 Å². The molecule has 0 unspecified atom stereocenters. The second-order valence-electron chi connectivity index (χ2n) is 8.80. The van der Waals surface area contributed by atoms with E-state index < -0.39 is 0 Å². The zero-order valence-electron chi connectivity index (χ0n) is 18.0. The van der Waals surface area contributed by atoms with E-state index in [2.05, 4.69) is 29.2 Å². The number of aromatic nitrogens is 2. The quantitative estimate of drug-likeness (QED) is 0.681. The van der Waals surface area contributed by atoms with Crippen molar-refractivity contribution >= 4 is 23.6 Å². The van der Waals surface area contributed by atoms with Crippen molar-refractivity contribution in [3.05, 3.63) is 22.5 Å². The van der Waals surface area contributed by atoms with Crippen LogP contribution in [0.1, 0.15) is 57.2 Å². The highest BCUT2D eigenvalue weighted by Gasteiger charge is 2.38. The molecule has 2 heterocycles. The van der Waals surface area contributed by atoms with Crippen LogP contribution in [0, 0.1) is 12.8 Å². The van der Waals surface area contributed by atoms with Gasteiger partial charge in [0.05, 0.1) is 18.9 Å². The lowest BCUT2D eigenvalue weighted by Crippen LogP contribution is -2.59. The fourth-order valence-electron chi connectivity index (χ4n) is 4.55. The molecule has 1 aromatic heterocycles. The highest BCUT2D eigenvalue weighted by atomic mass is 35.5. The first-order valence-corrected chi connectivity index (χ1v) is 11.3. The Morgan fingerprint density at radius 1 is 1.28 bits per heavy atom. The highest BCUT2D eigenvalue weighted by Crippen LogP contribution is 2.34. The van der Waals surface area contributed by atoms with Crippen LogP contribution in [0.4, 0.5) is 0 Å². The molecular formula is C22H35ClN4O2. The van der Waals surface area contributed by atoms with E-state index in [-0.39, 0.29) is 11.4 Å². The minimum atomic E-state index is -0.0738. The summed E-state index contributed by atoms with van der Waals surface area (Å²) in [5.74, 6) is 0.383. The Balaban J connectivity index is 1.63. The van der Waals surface area contributed by atoms with Gasteiger partial charge >= 0.3 is 0 Å². The molecule has 1 aromatic rings. The molecule has 2 aliphatic rings. The average Bonchev–Trinajstić information content (AvgIpc) is 2.98. The van der Waals surface area contributed by atoms with E-state index in [4.69, 9.17) is 16.3 Å². The van der Waals surface area contributed by atoms with Gasteiger partial charge in [0, 0.05) is 43.4 Å². The molecule has 1 aliphatic carbocycles. The number of aryl methyl sites for hydroxylation is 1. The van der Waals surface area contributed by atoms with Gasteiger partial charge in [-0.25, -0.2) is 0 Å². The zero-order valence-corrected chi connectivity index (χ0v) is 18.8. The predicted molar refractivity (Wildman–Crippen MR) is 117 cm³/mol. The van der Waals surface area contributed by atoms with Gasteiger partial charge in [-0.1, -0.05) is 44.7 Å². The lowest BCUT2D eigenvalue weighted by molar-refractivity contribution is -0.117. The lowest BCUT2D eigenvalue weighted by Gasteiger charge is -2.48. The molecule has 2 fully saturated rings. The van der Waals surface area contributed by atoms with E-state index in [1.165, 1.54) is 19.3 Å². The van der Waals surface area contributed by atoms with Crippen molar-refractivity contribution in [3.63, 3.8) is 0 Å². The number of nitrogens with one attached hydrogen (secondary N) is 1. The summed E-state index contributed by atoms with van der Waals surface area (Å²) in [6, 6.07) is 0. The molecule has 7 heteroatoms. The highest BCUT2D eigenvalue weighted by molar-refractivity contribution is 6.31. The SMILES string of the molecule is Cc1nn(CC(C)C)c(Cl)c1/C=C/C(=O)NCC1(N2CCOCC2)CCCCC1. The summed E-state index contributed by atoms with van der Waals surface area (Å²) >= 11 is 6.48. The standard InChI is InChI=1S/C22H35ClN4O2/c1-17(2)15-27-21(23)19(18(3)25-27)7-8-20(28)24-16-22(9-5-4-6-10-22)26-11-13-29-14-12-26/h7-8,17H,4-6,9-16H2,1-3H3,(H,24,28)/b8-7+. The van der Waals surface area contributed by atoms with Gasteiger partial charge in [-0.05, 0) is 31.8 Å². The van der Waals surface area contributed by atoms with Gasteiger partial charge in [-0.15, -0.1) is 0 Å². The van der Waals surface area contributed by atoms with E-state index >= 15 is 0 Å². The summed E-state index contributed by atoms with van der Waals surface area (Å²) in [5.41, 5.74) is 1.74. The fourth-order valence-corrected chi connectivity index (χ4v) is 4.85. The van der Waals surface area contributed by atoms with Gasteiger partial charge in [-0.3, -0.25) is 14.4 Å². The van der Waals surface area contributed by atoms with Gasteiger partial charge in [-0.2, -0.15) is 5.10 Å². The van der Waals surface area contributed by atoms with Crippen molar-refractivity contribution in [2.75, 3.05) is 32.8 Å². The van der Waals surface area contributed by atoms with E-state index in [1.807, 2.05) is 11.6 Å². The van der Waals surface area contributed by atoms with Crippen LogP contribution in [0.15, 0.2) is 6.08 Å². The number of rotatable bonds is 7. The molecule has 6 nitrogen and oxygen atoms in total. The third-order valence-electron chi connectivity index (χ3n) is 6.11. The maximum Gasteiger partial charge on any atom is 0.244 e. The lowest BCUT2D eigenvalue weighted by atomic mass is 9.79. The number of carbonyl (C=O) groups is 1. The summed E-state index contributed by atoms with van der Waals surface area (Å²) in [7, 11) is 0. The van der Waals surface area contributed by atoms with Gasteiger partial charge in [0.1, 0.15) is 5.15 Å². The normalized spacial score (nSPS) is 20.4. The van der Waals surface area contributed by atoms with Crippen molar-refractivity contribution in [1.29, 1.82) is 0 Å². The van der Waals surface area contributed by atoms with Crippen molar-refractivity contribution in [2.45, 2.75) is 65.0 Å². The van der Waals surface area contributed by atoms with Crippen LogP contribution in [0.2, 0.25) is 5.15 Å². The van der Waals surface area contributed by atoms with E-state index in [9.17, 15) is 4.79 Å². The largest absolute Gasteiger partial charge is 0.379 e. The van der Waals surface area contributed by atoms with Crippen LogP contribution in [0.3, 0.4) is 0 Å². The van der Waals surface area contributed by atoms with Gasteiger partial charge < -0.3 is 10.1 Å². The molecule has 0 aromatic carbocycles. The Bertz CT molecular complexity index is 717. The third kappa shape index (κ3) is 5.62. The summed E-state index contributed by atoms with van der Waals surface area (Å²) in [5, 5.41) is 8.26. The molecular weight excluding hydrogens is 388 g/mol. The number of nitrogens with zero attached hydrogens (tertiary/aromatic N) is 3. The maximum atomic E-state index is 12.6. The first kappa shape index (κ1) is 22.3. The van der Waals surface area contributed by atoms with Crippen molar-refractivity contribution in [1.82, 2.24) is 20.0 Å². The van der Waals surface area contributed by atoms with Crippen molar-refractivity contribution in [3.8, 4) is 0 Å². The molecule has 0 radical (unpaired) electrons. The molecule has 3 rings (SSSR count). The first-order chi connectivity index (χ1) is 13.9. The number of morpholine rings is 1. The number of amides is 1. The second kappa shape index (κ2) is 10.1. The minimum Gasteiger partial charge on any atom is -0.379 e. The fraction of sp³-hybridized carbons (Fsp3) is 0.727. The molecule has 162 valence electrons. The Morgan fingerprint density at radius 2 is 1.97 bits per heavy atom. The van der Waals surface area contributed by atoms with Gasteiger partial charge in [0.2, 0.25) is 5.91 Å². The Morgan fingerprint density at radius 3 is 2.62 bits per heavy atom. The molecule has 1 amide bonds. The van der Waals surface area contributed by atoms with Gasteiger partial charge in [0.15, 0.2) is 0 Å². The Hall–Kier alpha value is -1.37. The van der Waals surface area contributed by atoms with E-state index in [1.54, 1.807) is 12.2 Å². The predicted octanol–water partition coefficient (Wildman–Crippen LogP) is 3.67. The number of hydrogen-bond acceptors (Lipinski definition) is 4. The molecule has 1 aliphatic heterocycles. The van der Waals surface area contributed by atoms with Crippen molar-refractivity contribution in [2.24, 2.45) is 5.92 Å². The Labute approximate surface area is 179 Å². The topological polar surface area (TPSA) is 59.4 Å². The van der Waals surface area contributed by atoms with Crippen LogP contribution < -0.4 is 5.32 Å². The van der Waals surface area contributed by atoms with Crippen LogP contribution in [-0.2, 0) is 16.1 Å². The molecule has 1 saturated carbocycles. The summed E-state index contributed by atoms with van der Waals surface area (Å²) in [6.07, 6.45) is 9.41. The Kier molecular flexibility index (Phi) is 7.77. The first-order valence-electron chi connectivity index (χ1n) is 10.9.